The third kappa shape index (κ3) is 3.12. The van der Waals surface area contributed by atoms with Gasteiger partial charge in [0, 0.05) is 11.1 Å². The highest BCUT2D eigenvalue weighted by Crippen LogP contribution is 2.33. The second kappa shape index (κ2) is 6.29. The Morgan fingerprint density at radius 1 is 1.14 bits per heavy atom. The maximum atomic E-state index is 10.5. The van der Waals surface area contributed by atoms with Gasteiger partial charge in [0.1, 0.15) is 5.75 Å². The van der Waals surface area contributed by atoms with Gasteiger partial charge in [-0.2, -0.15) is 0 Å². The minimum absolute atomic E-state index is 0.184. The molecule has 2 aromatic carbocycles. The monoisotopic (exact) mass is 317 g/mol. The SMILES string of the molecule is NC([C@H]1CCc2ccc(O)cc2C1)[C@H](O)c1cccc(Cl)c1. The summed E-state index contributed by atoms with van der Waals surface area (Å²) in [5.41, 5.74) is 9.46. The van der Waals surface area contributed by atoms with Gasteiger partial charge in [-0.25, -0.2) is 0 Å². The topological polar surface area (TPSA) is 66.5 Å². The first-order valence-corrected chi connectivity index (χ1v) is 7.92. The van der Waals surface area contributed by atoms with E-state index in [-0.39, 0.29) is 17.7 Å². The average molecular weight is 318 g/mol. The van der Waals surface area contributed by atoms with Crippen molar-refractivity contribution in [2.45, 2.75) is 31.4 Å². The summed E-state index contributed by atoms with van der Waals surface area (Å²) in [5, 5.41) is 20.8. The van der Waals surface area contributed by atoms with E-state index in [0.29, 0.717) is 5.02 Å². The summed E-state index contributed by atoms with van der Waals surface area (Å²) in [6.45, 7) is 0. The molecule has 1 aliphatic carbocycles. The molecule has 1 aliphatic rings. The van der Waals surface area contributed by atoms with Crippen LogP contribution in [0, 0.1) is 5.92 Å². The zero-order chi connectivity index (χ0) is 15.7. The van der Waals surface area contributed by atoms with Gasteiger partial charge < -0.3 is 15.9 Å². The standard InChI is InChI=1S/C18H20ClNO2/c19-15-3-1-2-13(9-15)18(22)17(20)12-5-4-11-6-7-16(21)10-14(11)8-12/h1-3,6-7,9-10,12,17-18,21-22H,4-5,8,20H2/t12-,17?,18+/m0/s1. The van der Waals surface area contributed by atoms with Crippen LogP contribution in [0.1, 0.15) is 29.2 Å². The third-order valence-corrected chi connectivity index (χ3v) is 4.79. The number of nitrogens with two attached hydrogens (primary N) is 1. The van der Waals surface area contributed by atoms with Crippen molar-refractivity contribution < 1.29 is 10.2 Å². The number of rotatable bonds is 3. The molecule has 3 rings (SSSR count). The lowest BCUT2D eigenvalue weighted by Crippen LogP contribution is -2.39. The van der Waals surface area contributed by atoms with Crippen LogP contribution in [0.3, 0.4) is 0 Å². The number of phenols is 1. The van der Waals surface area contributed by atoms with E-state index >= 15 is 0 Å². The highest BCUT2D eigenvalue weighted by molar-refractivity contribution is 6.30. The number of halogens is 1. The molecular formula is C18H20ClNO2. The van der Waals surface area contributed by atoms with Crippen molar-refractivity contribution >= 4 is 11.6 Å². The molecule has 0 heterocycles. The number of aromatic hydroxyl groups is 1. The largest absolute Gasteiger partial charge is 0.508 e. The lowest BCUT2D eigenvalue weighted by molar-refractivity contribution is 0.112. The Labute approximate surface area is 135 Å². The van der Waals surface area contributed by atoms with Crippen LogP contribution in [0.15, 0.2) is 42.5 Å². The Balaban J connectivity index is 1.77. The molecule has 0 saturated heterocycles. The molecule has 3 nitrogen and oxygen atoms in total. The average Bonchev–Trinajstić information content (AvgIpc) is 2.52. The Morgan fingerprint density at radius 2 is 1.95 bits per heavy atom. The van der Waals surface area contributed by atoms with Gasteiger partial charge in [-0.05, 0) is 66.1 Å². The molecule has 116 valence electrons. The molecule has 2 aromatic rings. The van der Waals surface area contributed by atoms with E-state index in [1.807, 2.05) is 18.2 Å². The fraction of sp³-hybridized carbons (Fsp3) is 0.333. The van der Waals surface area contributed by atoms with Crippen LogP contribution in [0.2, 0.25) is 5.02 Å². The van der Waals surface area contributed by atoms with Gasteiger partial charge in [0.2, 0.25) is 0 Å². The van der Waals surface area contributed by atoms with Gasteiger partial charge in [0.15, 0.2) is 0 Å². The van der Waals surface area contributed by atoms with Gasteiger partial charge in [-0.3, -0.25) is 0 Å². The van der Waals surface area contributed by atoms with E-state index in [9.17, 15) is 10.2 Å². The summed E-state index contributed by atoms with van der Waals surface area (Å²) in [6.07, 6.45) is 1.91. The molecule has 0 fully saturated rings. The number of hydrogen-bond donors (Lipinski definition) is 3. The summed E-state index contributed by atoms with van der Waals surface area (Å²) in [4.78, 5) is 0. The minimum atomic E-state index is -0.734. The molecule has 0 amide bonds. The van der Waals surface area contributed by atoms with Crippen LogP contribution in [-0.2, 0) is 12.8 Å². The lowest BCUT2D eigenvalue weighted by atomic mass is 9.78. The normalized spacial score (nSPS) is 20.2. The summed E-state index contributed by atoms with van der Waals surface area (Å²) < 4.78 is 0. The second-order valence-corrected chi connectivity index (χ2v) is 6.47. The minimum Gasteiger partial charge on any atom is -0.508 e. The highest BCUT2D eigenvalue weighted by Gasteiger charge is 2.29. The van der Waals surface area contributed by atoms with Crippen molar-refractivity contribution in [2.24, 2.45) is 11.7 Å². The highest BCUT2D eigenvalue weighted by atomic mass is 35.5. The number of aliphatic hydroxyl groups excluding tert-OH is 1. The molecule has 0 aliphatic heterocycles. The van der Waals surface area contributed by atoms with Gasteiger partial charge in [0.05, 0.1) is 6.10 Å². The molecule has 0 bridgehead atoms. The van der Waals surface area contributed by atoms with Crippen LogP contribution in [-0.4, -0.2) is 16.3 Å². The van der Waals surface area contributed by atoms with Crippen LogP contribution >= 0.6 is 11.6 Å². The molecule has 1 unspecified atom stereocenters. The molecule has 0 radical (unpaired) electrons. The first kappa shape index (κ1) is 15.3. The lowest BCUT2D eigenvalue weighted by Gasteiger charge is -2.32. The Hall–Kier alpha value is -1.55. The molecular weight excluding hydrogens is 298 g/mol. The summed E-state index contributed by atoms with van der Waals surface area (Å²) >= 11 is 5.98. The summed E-state index contributed by atoms with van der Waals surface area (Å²) in [6, 6.07) is 12.4. The number of hydrogen-bond acceptors (Lipinski definition) is 3. The number of phenolic OH excluding ortho intramolecular Hbond substituents is 1. The molecule has 3 atom stereocenters. The van der Waals surface area contributed by atoms with E-state index < -0.39 is 6.10 Å². The Morgan fingerprint density at radius 3 is 2.73 bits per heavy atom. The maximum Gasteiger partial charge on any atom is 0.115 e. The van der Waals surface area contributed by atoms with Gasteiger partial charge in [-0.1, -0.05) is 29.8 Å². The fourth-order valence-electron chi connectivity index (χ4n) is 3.27. The van der Waals surface area contributed by atoms with Crippen molar-refractivity contribution in [3.63, 3.8) is 0 Å². The van der Waals surface area contributed by atoms with E-state index in [2.05, 4.69) is 0 Å². The zero-order valence-electron chi connectivity index (χ0n) is 12.2. The Bertz CT molecular complexity index is 674. The fourth-order valence-corrected chi connectivity index (χ4v) is 3.47. The second-order valence-electron chi connectivity index (χ2n) is 6.03. The predicted molar refractivity (Wildman–Crippen MR) is 88.0 cm³/mol. The summed E-state index contributed by atoms with van der Waals surface area (Å²) in [5.74, 6) is 0.464. The molecule has 0 saturated carbocycles. The van der Waals surface area contributed by atoms with Gasteiger partial charge in [-0.15, -0.1) is 0 Å². The van der Waals surface area contributed by atoms with Crippen LogP contribution < -0.4 is 5.73 Å². The smallest absolute Gasteiger partial charge is 0.115 e. The molecule has 22 heavy (non-hydrogen) atoms. The molecule has 4 N–H and O–H groups in total. The van der Waals surface area contributed by atoms with E-state index in [0.717, 1.165) is 30.4 Å². The van der Waals surface area contributed by atoms with E-state index in [4.69, 9.17) is 17.3 Å². The first-order chi connectivity index (χ1) is 10.5. The van der Waals surface area contributed by atoms with Crippen molar-refractivity contribution in [3.8, 4) is 5.75 Å². The zero-order valence-corrected chi connectivity index (χ0v) is 13.0. The first-order valence-electron chi connectivity index (χ1n) is 7.54. The van der Waals surface area contributed by atoms with Gasteiger partial charge in [0.25, 0.3) is 0 Å². The predicted octanol–water partition coefficient (Wildman–Crippen LogP) is 3.21. The number of aliphatic hydroxyl groups is 1. The Kier molecular flexibility index (Phi) is 4.39. The number of benzene rings is 2. The van der Waals surface area contributed by atoms with Crippen molar-refractivity contribution in [1.29, 1.82) is 0 Å². The summed E-state index contributed by atoms with van der Waals surface area (Å²) in [7, 11) is 0. The van der Waals surface area contributed by atoms with Crippen LogP contribution in [0.25, 0.3) is 0 Å². The van der Waals surface area contributed by atoms with Crippen molar-refractivity contribution in [2.75, 3.05) is 0 Å². The van der Waals surface area contributed by atoms with Crippen molar-refractivity contribution in [1.82, 2.24) is 0 Å². The molecule has 0 spiro atoms. The quantitative estimate of drug-likeness (QED) is 0.814. The van der Waals surface area contributed by atoms with Crippen LogP contribution in [0.4, 0.5) is 0 Å². The molecule has 4 heteroatoms. The van der Waals surface area contributed by atoms with Crippen LogP contribution in [0.5, 0.6) is 5.75 Å². The van der Waals surface area contributed by atoms with Crippen molar-refractivity contribution in [3.05, 3.63) is 64.2 Å². The van der Waals surface area contributed by atoms with E-state index in [1.165, 1.54) is 5.56 Å². The van der Waals surface area contributed by atoms with E-state index in [1.54, 1.807) is 24.3 Å². The maximum absolute atomic E-state index is 10.5. The van der Waals surface area contributed by atoms with Gasteiger partial charge >= 0.3 is 0 Å². The number of aryl methyl sites for hydroxylation is 1. The number of fused-ring (bicyclic) bond motifs is 1. The molecule has 0 aromatic heterocycles. The third-order valence-electron chi connectivity index (χ3n) is 4.56.